The lowest BCUT2D eigenvalue weighted by molar-refractivity contribution is -0.123. The third kappa shape index (κ3) is 4.16. The molecule has 0 atom stereocenters. The van der Waals surface area contributed by atoms with Crippen molar-refractivity contribution in [3.8, 4) is 0 Å². The number of hydrogen-bond acceptors (Lipinski definition) is 4. The summed E-state index contributed by atoms with van der Waals surface area (Å²) in [6.45, 7) is 0.372. The molecule has 1 rings (SSSR count). The largest absolute Gasteiger partial charge is 0.448 e. The van der Waals surface area contributed by atoms with Gasteiger partial charge in [0.05, 0.1) is 6.54 Å². The van der Waals surface area contributed by atoms with Gasteiger partial charge in [0.1, 0.15) is 6.61 Å². The number of nitrogens with one attached hydrogen (secondary N) is 1. The Bertz CT molecular complexity index is 251. The highest BCUT2D eigenvalue weighted by Crippen LogP contribution is 2.31. The van der Waals surface area contributed by atoms with Crippen LogP contribution >= 0.6 is 0 Å². The molecule has 1 saturated carbocycles. The minimum Gasteiger partial charge on any atom is -0.448 e. The average Bonchev–Trinajstić information content (AvgIpc) is 2.09. The fraction of sp³-hybridized carbons (Fsp3) is 0.778. The van der Waals surface area contributed by atoms with Crippen molar-refractivity contribution in [3.05, 3.63) is 0 Å². The first-order valence-electron chi connectivity index (χ1n) is 5.00. The summed E-state index contributed by atoms with van der Waals surface area (Å²) in [5.41, 5.74) is 10.3. The summed E-state index contributed by atoms with van der Waals surface area (Å²) in [4.78, 5) is 21.5. The zero-order valence-corrected chi connectivity index (χ0v) is 8.62. The van der Waals surface area contributed by atoms with Crippen molar-refractivity contribution < 1.29 is 14.3 Å². The monoisotopic (exact) mass is 215 g/mol. The molecule has 0 bridgehead atoms. The molecule has 86 valence electrons. The Balaban J connectivity index is 2.06. The molecule has 0 heterocycles. The fourth-order valence-electron chi connectivity index (χ4n) is 1.53. The molecular weight excluding hydrogens is 198 g/mol. The number of nitrogens with two attached hydrogens (primary N) is 2. The molecule has 15 heavy (non-hydrogen) atoms. The van der Waals surface area contributed by atoms with Gasteiger partial charge in [-0.2, -0.15) is 0 Å². The van der Waals surface area contributed by atoms with E-state index in [1.165, 1.54) is 0 Å². The molecule has 1 aliphatic rings. The van der Waals surface area contributed by atoms with Gasteiger partial charge in [0.15, 0.2) is 0 Å². The zero-order valence-electron chi connectivity index (χ0n) is 8.62. The summed E-state index contributed by atoms with van der Waals surface area (Å²) in [7, 11) is 0. The molecule has 5 N–H and O–H groups in total. The highest BCUT2D eigenvalue weighted by atomic mass is 16.5. The maximum Gasteiger partial charge on any atom is 0.404 e. The van der Waals surface area contributed by atoms with E-state index in [-0.39, 0.29) is 24.6 Å². The summed E-state index contributed by atoms with van der Waals surface area (Å²) < 4.78 is 4.46. The lowest BCUT2D eigenvalue weighted by Crippen LogP contribution is -2.50. The number of carbonyl (C=O) groups is 2. The van der Waals surface area contributed by atoms with Crippen LogP contribution in [0.25, 0.3) is 0 Å². The fourth-order valence-corrected chi connectivity index (χ4v) is 1.53. The predicted molar refractivity (Wildman–Crippen MR) is 53.9 cm³/mol. The van der Waals surface area contributed by atoms with Crippen LogP contribution in [-0.4, -0.2) is 30.7 Å². The molecule has 0 spiro atoms. The number of ether oxygens (including phenoxy) is 1. The van der Waals surface area contributed by atoms with Gasteiger partial charge in [0.25, 0.3) is 0 Å². The van der Waals surface area contributed by atoms with E-state index in [1.54, 1.807) is 0 Å². The van der Waals surface area contributed by atoms with Gasteiger partial charge < -0.3 is 21.5 Å². The first-order chi connectivity index (χ1) is 7.02. The summed E-state index contributed by atoms with van der Waals surface area (Å²) in [6.07, 6.45) is 2.40. The van der Waals surface area contributed by atoms with Crippen LogP contribution in [-0.2, 0) is 9.53 Å². The number of hydrogen-bond donors (Lipinski definition) is 3. The van der Waals surface area contributed by atoms with E-state index >= 15 is 0 Å². The van der Waals surface area contributed by atoms with Crippen LogP contribution in [0.4, 0.5) is 4.79 Å². The second kappa shape index (κ2) is 4.97. The van der Waals surface area contributed by atoms with Crippen LogP contribution in [0.5, 0.6) is 0 Å². The first kappa shape index (κ1) is 11.8. The van der Waals surface area contributed by atoms with Gasteiger partial charge in [0, 0.05) is 12.0 Å². The molecule has 1 fully saturated rings. The molecule has 0 radical (unpaired) electrons. The van der Waals surface area contributed by atoms with E-state index in [1.807, 2.05) is 0 Å². The van der Waals surface area contributed by atoms with Gasteiger partial charge in [-0.15, -0.1) is 0 Å². The highest BCUT2D eigenvalue weighted by molar-refractivity contribution is 5.77. The summed E-state index contributed by atoms with van der Waals surface area (Å²) >= 11 is 0. The topological polar surface area (TPSA) is 107 Å². The lowest BCUT2D eigenvalue weighted by Gasteiger charge is -2.37. The third-order valence-corrected chi connectivity index (χ3v) is 2.53. The number of amides is 2. The van der Waals surface area contributed by atoms with E-state index in [9.17, 15) is 9.59 Å². The van der Waals surface area contributed by atoms with Crippen molar-refractivity contribution >= 4 is 12.0 Å². The van der Waals surface area contributed by atoms with Crippen LogP contribution in [0.1, 0.15) is 25.7 Å². The highest BCUT2D eigenvalue weighted by Gasteiger charge is 2.34. The SMILES string of the molecule is NC(=O)OCCNC(=O)CC1(N)CCC1. The van der Waals surface area contributed by atoms with Crippen molar-refractivity contribution in [2.45, 2.75) is 31.2 Å². The standard InChI is InChI=1S/C9H17N3O3/c10-8(14)15-5-4-12-7(13)6-9(11)2-1-3-9/h1-6,11H2,(H2,10,14)(H,12,13). The maximum absolute atomic E-state index is 11.3. The lowest BCUT2D eigenvalue weighted by atomic mass is 9.75. The van der Waals surface area contributed by atoms with Crippen LogP contribution < -0.4 is 16.8 Å². The first-order valence-corrected chi connectivity index (χ1v) is 5.00. The predicted octanol–water partition coefficient (Wildman–Crippen LogP) is -0.531. The van der Waals surface area contributed by atoms with Crippen molar-refractivity contribution in [1.29, 1.82) is 0 Å². The number of rotatable bonds is 5. The van der Waals surface area contributed by atoms with Gasteiger partial charge in [-0.05, 0) is 19.3 Å². The maximum atomic E-state index is 11.3. The van der Waals surface area contributed by atoms with Crippen LogP contribution in [0.2, 0.25) is 0 Å². The smallest absolute Gasteiger partial charge is 0.404 e. The molecule has 0 saturated heterocycles. The molecule has 0 aromatic rings. The van der Waals surface area contributed by atoms with Crippen molar-refractivity contribution in [1.82, 2.24) is 5.32 Å². The van der Waals surface area contributed by atoms with Crippen molar-refractivity contribution in [3.63, 3.8) is 0 Å². The Morgan fingerprint density at radius 2 is 2.07 bits per heavy atom. The van der Waals surface area contributed by atoms with Crippen molar-refractivity contribution in [2.75, 3.05) is 13.2 Å². The van der Waals surface area contributed by atoms with Crippen LogP contribution in [0, 0.1) is 0 Å². The molecule has 2 amide bonds. The Labute approximate surface area is 88.3 Å². The van der Waals surface area contributed by atoms with Crippen LogP contribution in [0.3, 0.4) is 0 Å². The van der Waals surface area contributed by atoms with E-state index in [0.717, 1.165) is 19.3 Å². The average molecular weight is 215 g/mol. The van der Waals surface area contributed by atoms with E-state index in [0.29, 0.717) is 6.42 Å². The van der Waals surface area contributed by atoms with Gasteiger partial charge in [-0.25, -0.2) is 4.79 Å². The third-order valence-electron chi connectivity index (χ3n) is 2.53. The van der Waals surface area contributed by atoms with E-state index in [2.05, 4.69) is 10.1 Å². The number of carbonyl (C=O) groups excluding carboxylic acids is 2. The normalized spacial score (nSPS) is 17.7. The second-order valence-electron chi connectivity index (χ2n) is 3.91. The van der Waals surface area contributed by atoms with Gasteiger partial charge in [-0.1, -0.05) is 0 Å². The molecule has 0 aromatic heterocycles. The summed E-state index contributed by atoms with van der Waals surface area (Å²) in [6, 6.07) is 0. The quantitative estimate of drug-likeness (QED) is 0.536. The molecule has 6 heteroatoms. The molecule has 1 aliphatic carbocycles. The van der Waals surface area contributed by atoms with Gasteiger partial charge >= 0.3 is 6.09 Å². The Morgan fingerprint density at radius 3 is 2.53 bits per heavy atom. The minimum atomic E-state index is -0.835. The summed E-state index contributed by atoms with van der Waals surface area (Å²) in [5, 5.41) is 2.61. The van der Waals surface area contributed by atoms with Crippen molar-refractivity contribution in [2.24, 2.45) is 11.5 Å². The van der Waals surface area contributed by atoms with E-state index in [4.69, 9.17) is 11.5 Å². The second-order valence-corrected chi connectivity index (χ2v) is 3.91. The Morgan fingerprint density at radius 1 is 1.40 bits per heavy atom. The Kier molecular flexibility index (Phi) is 3.90. The number of primary amides is 1. The minimum absolute atomic E-state index is 0.0959. The molecular formula is C9H17N3O3. The Hall–Kier alpha value is -1.30. The zero-order chi connectivity index (χ0) is 11.3. The molecule has 0 unspecified atom stereocenters. The molecule has 6 nitrogen and oxygen atoms in total. The van der Waals surface area contributed by atoms with Gasteiger partial charge in [0.2, 0.25) is 5.91 Å². The molecule has 0 aromatic carbocycles. The van der Waals surface area contributed by atoms with Crippen LogP contribution in [0.15, 0.2) is 0 Å². The van der Waals surface area contributed by atoms with Gasteiger partial charge in [-0.3, -0.25) is 4.79 Å². The molecule has 0 aliphatic heterocycles. The summed E-state index contributed by atoms with van der Waals surface area (Å²) in [5.74, 6) is -0.106. The van der Waals surface area contributed by atoms with E-state index < -0.39 is 6.09 Å².